The Morgan fingerprint density at radius 2 is 1.72 bits per heavy atom. The number of carboxylic acids is 1. The van der Waals surface area contributed by atoms with E-state index in [2.05, 4.69) is 47.2 Å². The molecule has 1 aliphatic heterocycles. The smallest absolute Gasteiger partial charge is 0.341 e. The predicted molar refractivity (Wildman–Crippen MR) is 139 cm³/mol. The van der Waals surface area contributed by atoms with E-state index in [4.69, 9.17) is 19.3 Å². The molecule has 0 spiro atoms. The van der Waals surface area contributed by atoms with E-state index in [-0.39, 0.29) is 6.61 Å². The molecule has 1 heterocycles. The Morgan fingerprint density at radius 1 is 1.00 bits per heavy atom. The van der Waals surface area contributed by atoms with Crippen molar-refractivity contribution in [1.29, 1.82) is 0 Å². The number of morpholine rings is 1. The highest BCUT2D eigenvalue weighted by atomic mass is 16.5. The van der Waals surface area contributed by atoms with E-state index in [1.165, 1.54) is 0 Å². The second kappa shape index (κ2) is 12.5. The monoisotopic (exact) mass is 483 g/mol. The minimum absolute atomic E-state index is 0.373. The molecule has 3 aromatic carbocycles. The molecule has 0 radical (unpaired) electrons. The lowest BCUT2D eigenvalue weighted by atomic mass is 9.97. The Hall–Kier alpha value is -4.21. The molecule has 0 aliphatic carbocycles. The van der Waals surface area contributed by atoms with Crippen molar-refractivity contribution in [3.8, 4) is 23.5 Å². The van der Waals surface area contributed by atoms with Crippen LogP contribution in [0.3, 0.4) is 0 Å². The summed E-state index contributed by atoms with van der Waals surface area (Å²) in [5.74, 6) is 3.45. The number of aryl methyl sites for hydroxylation is 1. The molecular formula is C30H29NO5. The first-order valence-corrected chi connectivity index (χ1v) is 11.9. The molecule has 36 heavy (non-hydrogen) atoms. The van der Waals surface area contributed by atoms with Crippen LogP contribution in [0.2, 0.25) is 0 Å². The van der Waals surface area contributed by atoms with Gasteiger partial charge in [0, 0.05) is 24.7 Å². The van der Waals surface area contributed by atoms with E-state index >= 15 is 0 Å². The first kappa shape index (κ1) is 24.9. The maximum Gasteiger partial charge on any atom is 0.341 e. The van der Waals surface area contributed by atoms with Crippen molar-refractivity contribution in [2.45, 2.75) is 6.92 Å². The lowest BCUT2D eigenvalue weighted by molar-refractivity contribution is -0.139. The minimum atomic E-state index is -1.01. The average molecular weight is 484 g/mol. The molecule has 0 saturated carbocycles. The molecule has 0 unspecified atom stereocenters. The summed E-state index contributed by atoms with van der Waals surface area (Å²) in [6.07, 6.45) is 2.06. The summed E-state index contributed by atoms with van der Waals surface area (Å²) in [5, 5.41) is 8.80. The Balaban J connectivity index is 1.47. The third-order valence-corrected chi connectivity index (χ3v) is 5.69. The predicted octanol–water partition coefficient (Wildman–Crippen LogP) is 4.61. The molecule has 0 amide bonds. The first-order valence-electron chi connectivity index (χ1n) is 11.9. The van der Waals surface area contributed by atoms with Crippen LogP contribution >= 0.6 is 0 Å². The number of carbonyl (C=O) groups is 1. The fourth-order valence-corrected chi connectivity index (χ4v) is 3.81. The van der Waals surface area contributed by atoms with Crippen molar-refractivity contribution in [2.24, 2.45) is 0 Å². The summed E-state index contributed by atoms with van der Waals surface area (Å²) in [4.78, 5) is 12.8. The van der Waals surface area contributed by atoms with Gasteiger partial charge in [-0.3, -0.25) is 0 Å². The van der Waals surface area contributed by atoms with Gasteiger partial charge in [-0.1, -0.05) is 42.5 Å². The first-order chi connectivity index (χ1) is 17.6. The van der Waals surface area contributed by atoms with Gasteiger partial charge in [0.1, 0.15) is 18.1 Å². The highest BCUT2D eigenvalue weighted by Gasteiger charge is 2.08. The summed E-state index contributed by atoms with van der Waals surface area (Å²) in [5.41, 5.74) is 5.03. The molecule has 4 rings (SSSR count). The largest absolute Gasteiger partial charge is 0.489 e. The lowest BCUT2D eigenvalue weighted by Gasteiger charge is -2.22. The Labute approximate surface area is 211 Å². The van der Waals surface area contributed by atoms with Crippen LogP contribution in [-0.4, -0.2) is 55.5 Å². The van der Waals surface area contributed by atoms with Crippen molar-refractivity contribution in [2.75, 3.05) is 39.5 Å². The highest BCUT2D eigenvalue weighted by molar-refractivity contribution is 5.80. The summed E-state index contributed by atoms with van der Waals surface area (Å²) in [6.45, 7) is 4.98. The molecule has 0 bridgehead atoms. The van der Waals surface area contributed by atoms with Gasteiger partial charge < -0.3 is 24.2 Å². The standard InChI is InChI=1S/C30H29NO5/c1-23-21-27(11-12-29(23)36-22-30(32)33)35-18-14-28(25-5-3-2-4-6-25)26-9-7-24(8-10-26)13-15-31-16-19-34-20-17-31/h2-12,14,21H,16-20,22H2,1H3,(H,32,33)/b28-14-. The average Bonchev–Trinajstić information content (AvgIpc) is 2.91. The topological polar surface area (TPSA) is 68.2 Å². The van der Waals surface area contributed by atoms with Gasteiger partial charge in [0.25, 0.3) is 0 Å². The number of benzene rings is 3. The van der Waals surface area contributed by atoms with Crippen molar-refractivity contribution < 1.29 is 24.1 Å². The second-order valence-corrected chi connectivity index (χ2v) is 8.32. The van der Waals surface area contributed by atoms with Crippen molar-refractivity contribution >= 4 is 11.5 Å². The maximum atomic E-state index is 10.7. The van der Waals surface area contributed by atoms with Crippen LogP contribution in [0.4, 0.5) is 0 Å². The van der Waals surface area contributed by atoms with Gasteiger partial charge in [0.15, 0.2) is 6.61 Å². The van der Waals surface area contributed by atoms with Crippen molar-refractivity contribution in [3.05, 3.63) is 101 Å². The maximum absolute atomic E-state index is 10.7. The van der Waals surface area contributed by atoms with E-state index in [0.29, 0.717) is 18.1 Å². The normalized spacial score (nSPS) is 13.5. The molecular weight excluding hydrogens is 454 g/mol. The number of ether oxygens (including phenoxy) is 3. The quantitative estimate of drug-likeness (QED) is 0.472. The SMILES string of the molecule is Cc1cc(OC/C=C(/c2ccccc2)c2ccc(C#CN3CCOCC3)cc2)ccc1OCC(=O)O. The highest BCUT2D eigenvalue weighted by Crippen LogP contribution is 2.26. The summed E-state index contributed by atoms with van der Waals surface area (Å²) in [7, 11) is 0. The van der Waals surface area contributed by atoms with Crippen LogP contribution < -0.4 is 9.47 Å². The molecule has 0 atom stereocenters. The van der Waals surface area contributed by atoms with Crippen LogP contribution in [0, 0.1) is 18.9 Å². The van der Waals surface area contributed by atoms with Gasteiger partial charge in [0.05, 0.1) is 13.2 Å². The van der Waals surface area contributed by atoms with E-state index in [0.717, 1.165) is 54.1 Å². The van der Waals surface area contributed by atoms with Gasteiger partial charge in [-0.25, -0.2) is 4.79 Å². The van der Waals surface area contributed by atoms with E-state index in [1.807, 2.05) is 43.3 Å². The van der Waals surface area contributed by atoms with Crippen LogP contribution in [0.15, 0.2) is 78.9 Å². The molecule has 1 aliphatic rings. The number of carboxylic acid groups (broad SMARTS) is 1. The zero-order valence-corrected chi connectivity index (χ0v) is 20.3. The lowest BCUT2D eigenvalue weighted by Crippen LogP contribution is -2.32. The van der Waals surface area contributed by atoms with Crippen LogP contribution in [0.25, 0.3) is 5.57 Å². The Morgan fingerprint density at radius 3 is 2.42 bits per heavy atom. The molecule has 0 aromatic heterocycles. The number of hydrogen-bond acceptors (Lipinski definition) is 5. The second-order valence-electron chi connectivity index (χ2n) is 8.32. The molecule has 1 fully saturated rings. The Kier molecular flexibility index (Phi) is 8.63. The minimum Gasteiger partial charge on any atom is -0.489 e. The molecule has 1 saturated heterocycles. The van der Waals surface area contributed by atoms with Gasteiger partial charge in [-0.2, -0.15) is 0 Å². The number of hydrogen-bond donors (Lipinski definition) is 1. The number of rotatable bonds is 8. The molecule has 184 valence electrons. The van der Waals surface area contributed by atoms with Crippen LogP contribution in [-0.2, 0) is 9.53 Å². The molecule has 6 heteroatoms. The fourth-order valence-electron chi connectivity index (χ4n) is 3.81. The van der Waals surface area contributed by atoms with Crippen LogP contribution in [0.5, 0.6) is 11.5 Å². The molecule has 3 aromatic rings. The van der Waals surface area contributed by atoms with Gasteiger partial charge in [-0.15, -0.1) is 0 Å². The van der Waals surface area contributed by atoms with Gasteiger partial charge >= 0.3 is 5.97 Å². The van der Waals surface area contributed by atoms with Gasteiger partial charge in [0.2, 0.25) is 0 Å². The van der Waals surface area contributed by atoms with E-state index in [9.17, 15) is 4.79 Å². The summed E-state index contributed by atoms with van der Waals surface area (Å²) < 4.78 is 16.6. The third-order valence-electron chi connectivity index (χ3n) is 5.69. The molecule has 6 nitrogen and oxygen atoms in total. The summed E-state index contributed by atoms with van der Waals surface area (Å²) >= 11 is 0. The van der Waals surface area contributed by atoms with Gasteiger partial charge in [-0.05, 0) is 71.5 Å². The number of aliphatic carboxylic acids is 1. The van der Waals surface area contributed by atoms with E-state index < -0.39 is 5.97 Å². The zero-order valence-electron chi connectivity index (χ0n) is 20.3. The third kappa shape index (κ3) is 7.14. The van der Waals surface area contributed by atoms with Crippen molar-refractivity contribution in [3.63, 3.8) is 0 Å². The van der Waals surface area contributed by atoms with Crippen molar-refractivity contribution in [1.82, 2.24) is 4.90 Å². The van der Waals surface area contributed by atoms with E-state index in [1.54, 1.807) is 12.1 Å². The number of nitrogens with zero attached hydrogens (tertiary/aromatic N) is 1. The summed E-state index contributed by atoms with van der Waals surface area (Å²) in [6, 6.07) is 27.0. The fraction of sp³-hybridized carbons (Fsp3) is 0.233. The molecule has 1 N–H and O–H groups in total. The zero-order chi connectivity index (χ0) is 25.2. The Bertz CT molecular complexity index is 1250. The van der Waals surface area contributed by atoms with Crippen LogP contribution in [0.1, 0.15) is 22.3 Å².